The predicted molar refractivity (Wildman–Crippen MR) is 79.0 cm³/mol. The van der Waals surface area contributed by atoms with Crippen LogP contribution in [0.2, 0.25) is 0 Å². The Kier molecular flexibility index (Phi) is 8.32. The van der Waals surface area contributed by atoms with Crippen molar-refractivity contribution in [3.05, 3.63) is 0 Å². The van der Waals surface area contributed by atoms with E-state index in [9.17, 15) is 0 Å². The molecule has 4 heteroatoms. The van der Waals surface area contributed by atoms with Crippen LogP contribution in [0.5, 0.6) is 0 Å². The number of guanidine groups is 1. The molecule has 0 aromatic heterocycles. The van der Waals surface area contributed by atoms with E-state index in [1.807, 2.05) is 11.8 Å². The Labute approximate surface area is 110 Å². The third-order valence-electron chi connectivity index (χ3n) is 3.07. The largest absolute Gasteiger partial charge is 0.357 e. The van der Waals surface area contributed by atoms with Gasteiger partial charge in [0.15, 0.2) is 5.96 Å². The van der Waals surface area contributed by atoms with Gasteiger partial charge in [0, 0.05) is 19.1 Å². The molecule has 1 saturated carbocycles. The molecule has 1 rings (SSSR count). The van der Waals surface area contributed by atoms with Gasteiger partial charge in [-0.3, -0.25) is 4.99 Å². The maximum absolute atomic E-state index is 4.63. The van der Waals surface area contributed by atoms with Gasteiger partial charge in [0.05, 0.1) is 0 Å². The van der Waals surface area contributed by atoms with Crippen LogP contribution < -0.4 is 10.6 Å². The van der Waals surface area contributed by atoms with Crippen molar-refractivity contribution in [3.8, 4) is 0 Å². The Balaban J connectivity index is 2.29. The zero-order valence-corrected chi connectivity index (χ0v) is 12.1. The summed E-state index contributed by atoms with van der Waals surface area (Å²) in [5.41, 5.74) is 0. The van der Waals surface area contributed by atoms with Crippen LogP contribution >= 0.6 is 11.8 Å². The van der Waals surface area contributed by atoms with E-state index < -0.39 is 0 Å². The first-order chi connectivity index (χ1) is 8.36. The number of rotatable bonds is 6. The van der Waals surface area contributed by atoms with Crippen molar-refractivity contribution in [1.82, 2.24) is 10.6 Å². The van der Waals surface area contributed by atoms with E-state index in [1.165, 1.54) is 44.3 Å². The second-order valence-electron chi connectivity index (χ2n) is 4.59. The Morgan fingerprint density at radius 3 is 2.71 bits per heavy atom. The summed E-state index contributed by atoms with van der Waals surface area (Å²) in [5, 5.41) is 6.90. The summed E-state index contributed by atoms with van der Waals surface area (Å²) in [7, 11) is 0. The van der Waals surface area contributed by atoms with Crippen LogP contribution in [-0.4, -0.2) is 37.1 Å². The number of thioether (sulfide) groups is 1. The minimum absolute atomic E-state index is 0.641. The lowest BCUT2D eigenvalue weighted by atomic mass is 9.96. The third kappa shape index (κ3) is 6.81. The van der Waals surface area contributed by atoms with Gasteiger partial charge in [-0.2, -0.15) is 11.8 Å². The number of nitrogens with zero attached hydrogens (tertiary/aromatic N) is 1. The normalized spacial score (nSPS) is 18.1. The van der Waals surface area contributed by atoms with E-state index in [4.69, 9.17) is 0 Å². The molecule has 0 heterocycles. The highest BCUT2D eigenvalue weighted by molar-refractivity contribution is 7.98. The average molecular weight is 257 g/mol. The molecule has 0 amide bonds. The smallest absolute Gasteiger partial charge is 0.191 e. The van der Waals surface area contributed by atoms with E-state index in [1.54, 1.807) is 0 Å². The lowest BCUT2D eigenvalue weighted by molar-refractivity contribution is 0.410. The van der Waals surface area contributed by atoms with E-state index in [2.05, 4.69) is 28.8 Å². The van der Waals surface area contributed by atoms with Crippen molar-refractivity contribution >= 4 is 17.7 Å². The molecular formula is C13H27N3S. The van der Waals surface area contributed by atoms with E-state index in [0.717, 1.165) is 19.0 Å². The van der Waals surface area contributed by atoms with Crippen LogP contribution in [0, 0.1) is 0 Å². The zero-order chi connectivity index (χ0) is 12.3. The third-order valence-corrected chi connectivity index (χ3v) is 3.76. The van der Waals surface area contributed by atoms with Crippen molar-refractivity contribution in [2.45, 2.75) is 51.5 Å². The Morgan fingerprint density at radius 1 is 1.29 bits per heavy atom. The quantitative estimate of drug-likeness (QED) is 0.436. The fourth-order valence-corrected chi connectivity index (χ4v) is 2.58. The molecule has 0 unspecified atom stereocenters. The summed E-state index contributed by atoms with van der Waals surface area (Å²) in [4.78, 5) is 4.63. The molecule has 0 aromatic carbocycles. The minimum Gasteiger partial charge on any atom is -0.357 e. The first kappa shape index (κ1) is 14.7. The molecule has 100 valence electrons. The van der Waals surface area contributed by atoms with Gasteiger partial charge < -0.3 is 10.6 Å². The fourth-order valence-electron chi connectivity index (χ4n) is 2.16. The summed E-state index contributed by atoms with van der Waals surface area (Å²) in [6.07, 6.45) is 10.1. The Hall–Kier alpha value is -0.380. The van der Waals surface area contributed by atoms with Gasteiger partial charge in [0.25, 0.3) is 0 Å². The molecule has 0 atom stereocenters. The van der Waals surface area contributed by atoms with Crippen molar-refractivity contribution in [2.24, 2.45) is 4.99 Å². The van der Waals surface area contributed by atoms with E-state index in [-0.39, 0.29) is 0 Å². The number of hydrogen-bond acceptors (Lipinski definition) is 2. The maximum Gasteiger partial charge on any atom is 0.191 e. The second kappa shape index (κ2) is 9.63. The lowest BCUT2D eigenvalue weighted by Gasteiger charge is -2.24. The fraction of sp³-hybridized carbons (Fsp3) is 0.923. The van der Waals surface area contributed by atoms with Crippen LogP contribution in [-0.2, 0) is 0 Å². The highest BCUT2D eigenvalue weighted by Gasteiger charge is 2.13. The molecule has 0 bridgehead atoms. The first-order valence-electron chi connectivity index (χ1n) is 6.90. The molecule has 3 nitrogen and oxygen atoms in total. The minimum atomic E-state index is 0.641. The Morgan fingerprint density at radius 2 is 2.06 bits per heavy atom. The number of hydrogen-bond donors (Lipinski definition) is 2. The molecule has 1 fully saturated rings. The molecule has 17 heavy (non-hydrogen) atoms. The molecule has 0 saturated heterocycles. The molecule has 0 spiro atoms. The summed E-state index contributed by atoms with van der Waals surface area (Å²) in [5.74, 6) is 2.22. The lowest BCUT2D eigenvalue weighted by Crippen LogP contribution is -2.44. The van der Waals surface area contributed by atoms with Crippen LogP contribution in [0.25, 0.3) is 0 Å². The van der Waals surface area contributed by atoms with Crippen LogP contribution in [0.15, 0.2) is 4.99 Å². The predicted octanol–water partition coefficient (Wildman–Crippen LogP) is 2.63. The molecule has 0 radical (unpaired) electrons. The zero-order valence-electron chi connectivity index (χ0n) is 11.3. The van der Waals surface area contributed by atoms with E-state index >= 15 is 0 Å². The highest BCUT2D eigenvalue weighted by atomic mass is 32.2. The molecule has 0 aliphatic heterocycles. The summed E-state index contributed by atoms with van der Waals surface area (Å²) in [6, 6.07) is 0.641. The van der Waals surface area contributed by atoms with Crippen molar-refractivity contribution < 1.29 is 0 Å². The van der Waals surface area contributed by atoms with Gasteiger partial charge in [-0.05, 0) is 38.2 Å². The topological polar surface area (TPSA) is 36.4 Å². The molecule has 1 aliphatic carbocycles. The number of nitrogens with one attached hydrogen (secondary N) is 2. The van der Waals surface area contributed by atoms with Gasteiger partial charge in [-0.25, -0.2) is 0 Å². The van der Waals surface area contributed by atoms with Crippen molar-refractivity contribution in [2.75, 3.05) is 25.1 Å². The average Bonchev–Trinajstić information content (AvgIpc) is 2.36. The molecule has 0 aromatic rings. The summed E-state index contributed by atoms with van der Waals surface area (Å²) >= 11 is 1.89. The molecular weight excluding hydrogens is 230 g/mol. The van der Waals surface area contributed by atoms with Gasteiger partial charge >= 0.3 is 0 Å². The monoisotopic (exact) mass is 257 g/mol. The number of aliphatic imine (C=N–C) groups is 1. The van der Waals surface area contributed by atoms with Crippen LogP contribution in [0.4, 0.5) is 0 Å². The SMILES string of the molecule is CCNC(=NCCCSC)NC1CCCCC1. The summed E-state index contributed by atoms with van der Waals surface area (Å²) < 4.78 is 0. The van der Waals surface area contributed by atoms with Crippen LogP contribution in [0.1, 0.15) is 45.4 Å². The van der Waals surface area contributed by atoms with E-state index in [0.29, 0.717) is 6.04 Å². The van der Waals surface area contributed by atoms with Crippen molar-refractivity contribution in [1.29, 1.82) is 0 Å². The Bertz CT molecular complexity index is 213. The van der Waals surface area contributed by atoms with Gasteiger partial charge in [-0.15, -0.1) is 0 Å². The van der Waals surface area contributed by atoms with Crippen molar-refractivity contribution in [3.63, 3.8) is 0 Å². The van der Waals surface area contributed by atoms with Gasteiger partial charge in [0.2, 0.25) is 0 Å². The molecule has 2 N–H and O–H groups in total. The summed E-state index contributed by atoms with van der Waals surface area (Å²) in [6.45, 7) is 4.00. The molecule has 1 aliphatic rings. The second-order valence-corrected chi connectivity index (χ2v) is 5.57. The van der Waals surface area contributed by atoms with Crippen LogP contribution in [0.3, 0.4) is 0 Å². The standard InChI is InChI=1S/C13H27N3S/c1-3-14-13(15-10-7-11-17-2)16-12-8-5-4-6-9-12/h12H,3-11H2,1-2H3,(H2,14,15,16). The van der Waals surface area contributed by atoms with Gasteiger partial charge in [0.1, 0.15) is 0 Å². The highest BCUT2D eigenvalue weighted by Crippen LogP contribution is 2.17. The van der Waals surface area contributed by atoms with Gasteiger partial charge in [-0.1, -0.05) is 19.3 Å². The first-order valence-corrected chi connectivity index (χ1v) is 8.30. The maximum atomic E-state index is 4.63.